The highest BCUT2D eigenvalue weighted by molar-refractivity contribution is 9.10. The Morgan fingerprint density at radius 3 is 2.64 bits per heavy atom. The van der Waals surface area contributed by atoms with Crippen LogP contribution in [0.2, 0.25) is 0 Å². The quantitative estimate of drug-likeness (QED) is 0.139. The van der Waals surface area contributed by atoms with Gasteiger partial charge in [-0.15, -0.1) is 11.3 Å². The van der Waals surface area contributed by atoms with Crippen molar-refractivity contribution in [2.75, 3.05) is 6.61 Å². The molecule has 1 aromatic heterocycles. The van der Waals surface area contributed by atoms with Crippen LogP contribution in [0.25, 0.3) is 10.1 Å². The summed E-state index contributed by atoms with van der Waals surface area (Å²) >= 11 is 4.78. The van der Waals surface area contributed by atoms with Crippen molar-refractivity contribution in [1.29, 1.82) is 0 Å². The Hall–Kier alpha value is -3.76. The minimum absolute atomic E-state index is 0.0211. The lowest BCUT2D eigenvalue weighted by molar-refractivity contribution is -0.384. The first-order chi connectivity index (χ1) is 17.3. The number of hydrazone groups is 1. The van der Waals surface area contributed by atoms with E-state index in [0.29, 0.717) is 45.0 Å². The van der Waals surface area contributed by atoms with E-state index in [1.165, 1.54) is 35.2 Å². The maximum atomic E-state index is 12.6. The number of hydrogen-bond acceptors (Lipinski definition) is 7. The van der Waals surface area contributed by atoms with E-state index in [0.717, 1.165) is 10.3 Å². The largest absolute Gasteiger partial charge is 0.490 e. The maximum absolute atomic E-state index is 12.6. The summed E-state index contributed by atoms with van der Waals surface area (Å²) < 4.78 is 13.3. The van der Waals surface area contributed by atoms with Crippen LogP contribution in [0.1, 0.15) is 33.3 Å². The molecule has 0 aliphatic rings. The Kier molecular flexibility index (Phi) is 7.97. The molecule has 0 aliphatic heterocycles. The molecule has 0 saturated carbocycles. The van der Waals surface area contributed by atoms with Gasteiger partial charge >= 0.3 is 0 Å². The predicted molar refractivity (Wildman–Crippen MR) is 144 cm³/mol. The number of aryl methyl sites for hydroxylation is 1. The van der Waals surface area contributed by atoms with E-state index < -0.39 is 10.8 Å². The van der Waals surface area contributed by atoms with E-state index >= 15 is 0 Å². The van der Waals surface area contributed by atoms with Gasteiger partial charge in [0, 0.05) is 22.2 Å². The number of nitrogens with zero attached hydrogens (tertiary/aromatic N) is 2. The summed E-state index contributed by atoms with van der Waals surface area (Å²) in [4.78, 5) is 23.5. The molecule has 0 saturated heterocycles. The van der Waals surface area contributed by atoms with Crippen molar-refractivity contribution in [3.63, 3.8) is 0 Å². The molecule has 3 aromatic carbocycles. The summed E-state index contributed by atoms with van der Waals surface area (Å²) in [5.74, 6) is 0.730. The smallest absolute Gasteiger partial charge is 0.281 e. The van der Waals surface area contributed by atoms with Crippen molar-refractivity contribution < 1.29 is 19.2 Å². The summed E-state index contributed by atoms with van der Waals surface area (Å²) in [6.07, 6.45) is 1.51. The lowest BCUT2D eigenvalue weighted by atomic mass is 10.2. The third-order valence-corrected chi connectivity index (χ3v) is 6.85. The first kappa shape index (κ1) is 25.3. The molecular weight excluding hydrogens is 546 g/mol. The van der Waals surface area contributed by atoms with Crippen LogP contribution >= 0.6 is 27.3 Å². The van der Waals surface area contributed by atoms with Crippen molar-refractivity contribution in [3.05, 3.63) is 96.8 Å². The van der Waals surface area contributed by atoms with E-state index in [1.807, 2.05) is 44.2 Å². The molecule has 4 aromatic rings. The fraction of sp³-hybridized carbons (Fsp3) is 0.154. The number of benzene rings is 3. The van der Waals surface area contributed by atoms with Gasteiger partial charge in [-0.05, 0) is 65.2 Å². The number of amides is 1. The molecule has 0 atom stereocenters. The van der Waals surface area contributed by atoms with Gasteiger partial charge in [0.05, 0.1) is 27.1 Å². The number of nitro benzene ring substituents is 1. The summed E-state index contributed by atoms with van der Waals surface area (Å²) in [5, 5.41) is 15.7. The van der Waals surface area contributed by atoms with Gasteiger partial charge in [0.2, 0.25) is 0 Å². The Labute approximate surface area is 219 Å². The number of hydrogen-bond donors (Lipinski definition) is 1. The molecule has 0 unspecified atom stereocenters. The molecule has 0 spiro atoms. The Morgan fingerprint density at radius 2 is 1.92 bits per heavy atom. The number of rotatable bonds is 9. The number of carbonyl (C=O) groups excluding carboxylic acids is 1. The first-order valence-corrected chi connectivity index (χ1v) is 12.6. The molecule has 1 heterocycles. The van der Waals surface area contributed by atoms with Crippen LogP contribution in [-0.2, 0) is 6.61 Å². The zero-order chi connectivity index (χ0) is 25.7. The molecule has 36 heavy (non-hydrogen) atoms. The zero-order valence-electron chi connectivity index (χ0n) is 19.5. The number of carbonyl (C=O) groups is 1. The Bertz CT molecular complexity index is 1450. The monoisotopic (exact) mass is 567 g/mol. The van der Waals surface area contributed by atoms with Gasteiger partial charge in [-0.3, -0.25) is 14.9 Å². The molecule has 1 N–H and O–H groups in total. The van der Waals surface area contributed by atoms with Gasteiger partial charge in [0.25, 0.3) is 11.6 Å². The standard InChI is InChI=1S/C26H22BrN3O5S/c1-3-34-22-11-18(10-21(27)25(22)35-15-17-6-4-16(2)5-7-17)14-28-29-26(31)24-13-19-12-20(30(32)33)8-9-23(19)36-24/h4-14H,3,15H2,1-2H3,(H,29,31)/b28-14-. The van der Waals surface area contributed by atoms with Crippen LogP contribution in [0.5, 0.6) is 11.5 Å². The van der Waals surface area contributed by atoms with Crippen LogP contribution in [-0.4, -0.2) is 23.7 Å². The summed E-state index contributed by atoms with van der Waals surface area (Å²) in [6.45, 7) is 4.77. The normalized spacial score (nSPS) is 11.1. The van der Waals surface area contributed by atoms with Gasteiger partial charge in [0.15, 0.2) is 11.5 Å². The SMILES string of the molecule is CCOc1cc(/C=N\NC(=O)c2cc3cc([N+](=O)[O-])ccc3s2)cc(Br)c1OCc1ccc(C)cc1. The number of non-ortho nitro benzene ring substituents is 1. The number of fused-ring (bicyclic) bond motifs is 1. The second-order valence-electron chi connectivity index (χ2n) is 7.83. The van der Waals surface area contributed by atoms with Crippen LogP contribution < -0.4 is 14.9 Å². The van der Waals surface area contributed by atoms with Crippen molar-refractivity contribution >= 4 is 55.2 Å². The van der Waals surface area contributed by atoms with Gasteiger partial charge in [-0.25, -0.2) is 5.43 Å². The molecular formula is C26H22BrN3O5S. The van der Waals surface area contributed by atoms with E-state index in [9.17, 15) is 14.9 Å². The molecule has 184 valence electrons. The van der Waals surface area contributed by atoms with Crippen LogP contribution in [0.3, 0.4) is 0 Å². The van der Waals surface area contributed by atoms with Gasteiger partial charge < -0.3 is 9.47 Å². The van der Waals surface area contributed by atoms with Gasteiger partial charge in [-0.1, -0.05) is 29.8 Å². The molecule has 0 fully saturated rings. The number of halogens is 1. The second kappa shape index (κ2) is 11.3. The average molecular weight is 568 g/mol. The second-order valence-corrected chi connectivity index (χ2v) is 9.76. The Morgan fingerprint density at radius 1 is 1.14 bits per heavy atom. The lowest BCUT2D eigenvalue weighted by Crippen LogP contribution is -2.16. The number of nitrogens with one attached hydrogen (secondary N) is 1. The van der Waals surface area contributed by atoms with Crippen molar-refractivity contribution in [1.82, 2.24) is 5.43 Å². The number of nitro groups is 1. The average Bonchev–Trinajstić information content (AvgIpc) is 3.28. The summed E-state index contributed by atoms with van der Waals surface area (Å²) in [5.41, 5.74) is 5.40. The third kappa shape index (κ3) is 6.07. The number of ether oxygens (including phenoxy) is 2. The van der Waals surface area contributed by atoms with E-state index in [-0.39, 0.29) is 5.69 Å². The highest BCUT2D eigenvalue weighted by Gasteiger charge is 2.14. The van der Waals surface area contributed by atoms with Crippen LogP contribution in [0.4, 0.5) is 5.69 Å². The fourth-order valence-corrected chi connectivity index (χ4v) is 4.89. The highest BCUT2D eigenvalue weighted by atomic mass is 79.9. The molecule has 0 aliphatic carbocycles. The first-order valence-electron chi connectivity index (χ1n) is 11.0. The predicted octanol–water partition coefficient (Wildman–Crippen LogP) is 6.62. The molecule has 0 bridgehead atoms. The minimum Gasteiger partial charge on any atom is -0.490 e. The number of thiophene rings is 1. The topological polar surface area (TPSA) is 103 Å². The third-order valence-electron chi connectivity index (χ3n) is 5.15. The zero-order valence-corrected chi connectivity index (χ0v) is 21.9. The molecule has 1 amide bonds. The van der Waals surface area contributed by atoms with E-state index in [2.05, 4.69) is 26.5 Å². The Balaban J connectivity index is 1.46. The maximum Gasteiger partial charge on any atom is 0.281 e. The molecule has 8 nitrogen and oxygen atoms in total. The van der Waals surface area contributed by atoms with Crippen LogP contribution in [0, 0.1) is 17.0 Å². The van der Waals surface area contributed by atoms with Gasteiger partial charge in [0.1, 0.15) is 6.61 Å². The van der Waals surface area contributed by atoms with Crippen LogP contribution in [0.15, 0.2) is 70.2 Å². The van der Waals surface area contributed by atoms with Crippen molar-refractivity contribution in [3.8, 4) is 11.5 Å². The van der Waals surface area contributed by atoms with E-state index in [1.54, 1.807) is 18.2 Å². The van der Waals surface area contributed by atoms with E-state index in [4.69, 9.17) is 9.47 Å². The molecule has 4 rings (SSSR count). The van der Waals surface area contributed by atoms with Crippen molar-refractivity contribution in [2.24, 2.45) is 5.10 Å². The summed E-state index contributed by atoms with van der Waals surface area (Å²) in [7, 11) is 0. The molecule has 0 radical (unpaired) electrons. The highest BCUT2D eigenvalue weighted by Crippen LogP contribution is 2.37. The van der Waals surface area contributed by atoms with Gasteiger partial charge in [-0.2, -0.15) is 5.10 Å². The molecule has 10 heteroatoms. The summed E-state index contributed by atoms with van der Waals surface area (Å²) in [6, 6.07) is 17.8. The lowest BCUT2D eigenvalue weighted by Gasteiger charge is -2.15. The minimum atomic E-state index is -0.464. The van der Waals surface area contributed by atoms with Crippen molar-refractivity contribution in [2.45, 2.75) is 20.5 Å². The fourth-order valence-electron chi connectivity index (χ4n) is 3.38.